The molecule has 8 heteroatoms. The van der Waals surface area contributed by atoms with Crippen molar-refractivity contribution in [2.24, 2.45) is 0 Å². The molecule has 24 heavy (non-hydrogen) atoms. The summed E-state index contributed by atoms with van der Waals surface area (Å²) in [4.78, 5) is 10.6. The van der Waals surface area contributed by atoms with Gasteiger partial charge in [-0.3, -0.25) is 10.1 Å². The lowest BCUT2D eigenvalue weighted by Crippen LogP contribution is -2.19. The van der Waals surface area contributed by atoms with E-state index in [0.29, 0.717) is 5.56 Å². The minimum Gasteiger partial charge on any atom is -0.379 e. The van der Waals surface area contributed by atoms with Crippen LogP contribution in [0.15, 0.2) is 47.4 Å². The van der Waals surface area contributed by atoms with Crippen LogP contribution in [0.1, 0.15) is 24.1 Å². The zero-order chi connectivity index (χ0) is 17.9. The standard InChI is InChI=1S/C16H19N3O4S/c1-11-9-14(7-8-16(11)19(20)21)18-12(2)13-5-4-6-15(10-13)24(22,23)17-3/h4-10,12,17-18H,1-3H3/t12-/m1/s1. The Bertz CT molecular complexity index is 865. The monoisotopic (exact) mass is 349 g/mol. The van der Waals surface area contributed by atoms with Gasteiger partial charge in [-0.2, -0.15) is 0 Å². The summed E-state index contributed by atoms with van der Waals surface area (Å²) in [5.41, 5.74) is 2.15. The van der Waals surface area contributed by atoms with E-state index in [1.807, 2.05) is 13.0 Å². The molecule has 0 heterocycles. The van der Waals surface area contributed by atoms with E-state index in [0.717, 1.165) is 11.3 Å². The van der Waals surface area contributed by atoms with Crippen LogP contribution in [0.4, 0.5) is 11.4 Å². The van der Waals surface area contributed by atoms with Crippen LogP contribution in [0.2, 0.25) is 0 Å². The summed E-state index contributed by atoms with van der Waals surface area (Å²) >= 11 is 0. The van der Waals surface area contributed by atoms with Gasteiger partial charge in [0.2, 0.25) is 10.0 Å². The quantitative estimate of drug-likeness (QED) is 0.617. The third-order valence-electron chi connectivity index (χ3n) is 3.71. The Morgan fingerprint density at radius 3 is 2.46 bits per heavy atom. The number of sulfonamides is 1. The average Bonchev–Trinajstić information content (AvgIpc) is 2.54. The first kappa shape index (κ1) is 17.9. The van der Waals surface area contributed by atoms with Crippen molar-refractivity contribution in [1.82, 2.24) is 4.72 Å². The number of nitrogens with zero attached hydrogens (tertiary/aromatic N) is 1. The van der Waals surface area contributed by atoms with Crippen LogP contribution >= 0.6 is 0 Å². The Morgan fingerprint density at radius 2 is 1.88 bits per heavy atom. The fourth-order valence-electron chi connectivity index (χ4n) is 2.35. The summed E-state index contributed by atoms with van der Waals surface area (Å²) in [6, 6.07) is 11.2. The molecule has 0 saturated heterocycles. The van der Waals surface area contributed by atoms with Gasteiger partial charge in [0.1, 0.15) is 0 Å². The Balaban J connectivity index is 2.24. The van der Waals surface area contributed by atoms with Crippen LogP contribution in [0, 0.1) is 17.0 Å². The Labute approximate surface area is 140 Å². The van der Waals surface area contributed by atoms with Gasteiger partial charge in [0.15, 0.2) is 0 Å². The minimum atomic E-state index is -3.50. The molecule has 0 aliphatic rings. The van der Waals surface area contributed by atoms with Crippen molar-refractivity contribution in [3.05, 3.63) is 63.7 Å². The van der Waals surface area contributed by atoms with E-state index in [4.69, 9.17) is 0 Å². The first-order chi connectivity index (χ1) is 11.2. The molecular weight excluding hydrogens is 330 g/mol. The Morgan fingerprint density at radius 1 is 1.17 bits per heavy atom. The average molecular weight is 349 g/mol. The summed E-state index contributed by atoms with van der Waals surface area (Å²) < 4.78 is 26.1. The van der Waals surface area contributed by atoms with Gasteiger partial charge in [0.05, 0.1) is 9.82 Å². The highest BCUT2D eigenvalue weighted by Gasteiger charge is 2.15. The van der Waals surface area contributed by atoms with E-state index in [1.165, 1.54) is 19.2 Å². The number of nitrogens with one attached hydrogen (secondary N) is 2. The van der Waals surface area contributed by atoms with Crippen LogP contribution in [-0.2, 0) is 10.0 Å². The van der Waals surface area contributed by atoms with Gasteiger partial charge in [-0.25, -0.2) is 13.1 Å². The van der Waals surface area contributed by atoms with Gasteiger partial charge in [-0.15, -0.1) is 0 Å². The first-order valence-electron chi connectivity index (χ1n) is 7.29. The van der Waals surface area contributed by atoms with E-state index in [-0.39, 0.29) is 16.6 Å². The highest BCUT2D eigenvalue weighted by atomic mass is 32.2. The number of hydrogen-bond acceptors (Lipinski definition) is 5. The van der Waals surface area contributed by atoms with Crippen molar-refractivity contribution in [3.8, 4) is 0 Å². The second-order valence-electron chi connectivity index (χ2n) is 5.40. The molecule has 0 bridgehead atoms. The number of benzene rings is 2. The maximum absolute atomic E-state index is 11.9. The van der Waals surface area contributed by atoms with Crippen molar-refractivity contribution >= 4 is 21.4 Å². The predicted octanol–water partition coefficient (Wildman–Crippen LogP) is 2.98. The van der Waals surface area contributed by atoms with E-state index >= 15 is 0 Å². The molecule has 0 radical (unpaired) electrons. The van der Waals surface area contributed by atoms with Crippen molar-refractivity contribution in [3.63, 3.8) is 0 Å². The highest BCUT2D eigenvalue weighted by molar-refractivity contribution is 7.89. The smallest absolute Gasteiger partial charge is 0.272 e. The van der Waals surface area contributed by atoms with Gasteiger partial charge in [0.25, 0.3) is 5.69 Å². The topological polar surface area (TPSA) is 101 Å². The van der Waals surface area contributed by atoms with Crippen molar-refractivity contribution in [1.29, 1.82) is 0 Å². The number of nitro benzene ring substituents is 1. The molecule has 0 aromatic heterocycles. The van der Waals surface area contributed by atoms with E-state index < -0.39 is 14.9 Å². The van der Waals surface area contributed by atoms with E-state index in [1.54, 1.807) is 31.2 Å². The molecule has 2 rings (SSSR count). The van der Waals surface area contributed by atoms with Crippen molar-refractivity contribution in [2.45, 2.75) is 24.8 Å². The summed E-state index contributed by atoms with van der Waals surface area (Å²) in [5.74, 6) is 0. The molecule has 7 nitrogen and oxygen atoms in total. The van der Waals surface area contributed by atoms with E-state index in [9.17, 15) is 18.5 Å². The molecule has 2 aromatic rings. The van der Waals surface area contributed by atoms with Crippen molar-refractivity contribution in [2.75, 3.05) is 12.4 Å². The van der Waals surface area contributed by atoms with Gasteiger partial charge >= 0.3 is 0 Å². The fraction of sp³-hybridized carbons (Fsp3) is 0.250. The third kappa shape index (κ3) is 3.90. The van der Waals surface area contributed by atoms with Gasteiger partial charge < -0.3 is 5.32 Å². The predicted molar refractivity (Wildman–Crippen MR) is 92.6 cm³/mol. The molecule has 128 valence electrons. The van der Waals surface area contributed by atoms with Crippen molar-refractivity contribution < 1.29 is 13.3 Å². The highest BCUT2D eigenvalue weighted by Crippen LogP contribution is 2.25. The number of nitro groups is 1. The molecule has 0 amide bonds. The molecular formula is C16H19N3O4S. The maximum atomic E-state index is 11.9. The van der Waals surface area contributed by atoms with Crippen LogP contribution < -0.4 is 10.0 Å². The first-order valence-corrected chi connectivity index (χ1v) is 8.78. The van der Waals surface area contributed by atoms with Gasteiger partial charge in [0, 0.05) is 23.4 Å². The number of aryl methyl sites for hydroxylation is 1. The normalized spacial score (nSPS) is 12.6. The molecule has 2 aromatic carbocycles. The maximum Gasteiger partial charge on any atom is 0.272 e. The number of hydrogen-bond donors (Lipinski definition) is 2. The zero-order valence-electron chi connectivity index (χ0n) is 13.6. The Kier molecular flexibility index (Phi) is 5.20. The summed E-state index contributed by atoms with van der Waals surface area (Å²) in [7, 11) is -2.14. The molecule has 2 N–H and O–H groups in total. The lowest BCUT2D eigenvalue weighted by Gasteiger charge is -2.17. The van der Waals surface area contributed by atoms with Crippen LogP contribution in [0.25, 0.3) is 0 Å². The molecule has 0 aliphatic heterocycles. The second kappa shape index (κ2) is 6.98. The summed E-state index contributed by atoms with van der Waals surface area (Å²) in [6.45, 7) is 3.57. The summed E-state index contributed by atoms with van der Waals surface area (Å²) in [5, 5.41) is 14.1. The largest absolute Gasteiger partial charge is 0.379 e. The van der Waals surface area contributed by atoms with E-state index in [2.05, 4.69) is 10.0 Å². The lowest BCUT2D eigenvalue weighted by molar-refractivity contribution is -0.385. The number of rotatable bonds is 6. The molecule has 1 atom stereocenters. The van der Waals surface area contributed by atoms with Crippen LogP contribution in [-0.4, -0.2) is 20.4 Å². The fourth-order valence-corrected chi connectivity index (χ4v) is 3.14. The molecule has 0 saturated carbocycles. The van der Waals surface area contributed by atoms with Crippen LogP contribution in [0.3, 0.4) is 0 Å². The SMILES string of the molecule is CNS(=O)(=O)c1cccc([C@@H](C)Nc2ccc([N+](=O)[O-])c(C)c2)c1. The molecule has 0 spiro atoms. The zero-order valence-corrected chi connectivity index (χ0v) is 14.4. The molecule has 0 fully saturated rings. The molecule has 0 aliphatic carbocycles. The second-order valence-corrected chi connectivity index (χ2v) is 7.29. The number of anilines is 1. The van der Waals surface area contributed by atoms with Crippen LogP contribution in [0.5, 0.6) is 0 Å². The third-order valence-corrected chi connectivity index (χ3v) is 5.13. The Hall–Kier alpha value is -2.45. The minimum absolute atomic E-state index is 0.0651. The lowest BCUT2D eigenvalue weighted by atomic mass is 10.1. The molecule has 0 unspecified atom stereocenters. The van der Waals surface area contributed by atoms with Gasteiger partial charge in [-0.1, -0.05) is 12.1 Å². The summed E-state index contributed by atoms with van der Waals surface area (Å²) in [6.07, 6.45) is 0. The van der Waals surface area contributed by atoms with Gasteiger partial charge in [-0.05, 0) is 50.7 Å².